The molecule has 1 aliphatic heterocycles. The van der Waals surface area contributed by atoms with Gasteiger partial charge >= 0.3 is 5.97 Å². The smallest absolute Gasteiger partial charge is 0.327 e. The molecule has 0 aromatic carbocycles. The molecule has 41 heavy (non-hydrogen) atoms. The molecule has 6 N–H and O–H groups in total. The molecule has 0 saturated carbocycles. The van der Waals surface area contributed by atoms with Crippen LogP contribution in [0.25, 0.3) is 0 Å². The van der Waals surface area contributed by atoms with Crippen molar-refractivity contribution in [2.75, 3.05) is 18.1 Å². The zero-order chi connectivity index (χ0) is 30.9. The number of thioether (sulfide) groups is 1. The quantitative estimate of drug-likeness (QED) is 0.0715. The van der Waals surface area contributed by atoms with Gasteiger partial charge in [-0.05, 0) is 25.2 Å². The topological polar surface area (TPSA) is 194 Å². The molecule has 0 spiro atoms. The van der Waals surface area contributed by atoms with Gasteiger partial charge in [-0.1, -0.05) is 46.5 Å². The third-order valence-corrected chi connectivity index (χ3v) is 8.22. The summed E-state index contributed by atoms with van der Waals surface area (Å²) >= 11 is 1.22. The molecule has 0 aromatic rings. The number of rotatable bonds is 19. The standard InChI is InChI=1S/C27H47N5O8S/c1-5-7-8-10-19(15-23(35)31-40)26(37)32-21(11-9-13-28-32)25(36)30-24(17(3)6-2)22(34)12-14-41-16-20(27(38)39)29-18(4)33/h17,19-21,24,28,40H,5-16H2,1-4H3,(H,29,33)(H,30,36)(H,31,35)(H,38,39)/t17-,19+,20-,21-,24-/m0/s1. The first kappa shape index (κ1) is 36.3. The third-order valence-electron chi connectivity index (χ3n) is 7.16. The molecule has 1 heterocycles. The Morgan fingerprint density at radius 2 is 1.80 bits per heavy atom. The number of aliphatic carboxylic acids is 1. The Kier molecular flexibility index (Phi) is 17.2. The monoisotopic (exact) mass is 601 g/mol. The number of hydrogen-bond acceptors (Lipinski definition) is 9. The molecule has 0 bridgehead atoms. The van der Waals surface area contributed by atoms with Gasteiger partial charge in [0.15, 0.2) is 5.78 Å². The van der Waals surface area contributed by atoms with Gasteiger partial charge in [0.25, 0.3) is 0 Å². The minimum atomic E-state index is -1.16. The highest BCUT2D eigenvalue weighted by molar-refractivity contribution is 7.99. The van der Waals surface area contributed by atoms with Crippen molar-refractivity contribution < 1.29 is 39.1 Å². The number of nitrogens with zero attached hydrogens (tertiary/aromatic N) is 1. The lowest BCUT2D eigenvalue weighted by molar-refractivity contribution is -0.152. The number of carboxylic acid groups (broad SMARTS) is 1. The first-order chi connectivity index (χ1) is 19.5. The molecule has 4 amide bonds. The number of hydrazine groups is 1. The third kappa shape index (κ3) is 12.8. The summed E-state index contributed by atoms with van der Waals surface area (Å²) in [6.07, 6.45) is 4.49. The maximum Gasteiger partial charge on any atom is 0.327 e. The molecule has 234 valence electrons. The molecule has 1 aliphatic rings. The molecular formula is C27H47N5O8S. The van der Waals surface area contributed by atoms with Gasteiger partial charge in [0, 0.05) is 43.7 Å². The van der Waals surface area contributed by atoms with E-state index in [1.807, 2.05) is 20.8 Å². The van der Waals surface area contributed by atoms with Crippen molar-refractivity contribution in [1.29, 1.82) is 0 Å². The van der Waals surface area contributed by atoms with Gasteiger partial charge in [0.1, 0.15) is 12.1 Å². The van der Waals surface area contributed by atoms with Gasteiger partial charge in [-0.2, -0.15) is 11.8 Å². The normalized spacial score (nSPS) is 18.0. The number of carboxylic acids is 1. The average molecular weight is 602 g/mol. The number of Topliss-reactive ketones (excluding diaryl/α,β-unsaturated/α-hetero) is 1. The minimum Gasteiger partial charge on any atom is -0.480 e. The number of carbonyl (C=O) groups is 6. The van der Waals surface area contributed by atoms with Crippen LogP contribution in [0.2, 0.25) is 0 Å². The van der Waals surface area contributed by atoms with Crippen molar-refractivity contribution in [3.63, 3.8) is 0 Å². The summed E-state index contributed by atoms with van der Waals surface area (Å²) in [6.45, 7) is 7.49. The highest BCUT2D eigenvalue weighted by Crippen LogP contribution is 2.22. The zero-order valence-electron chi connectivity index (χ0n) is 24.6. The van der Waals surface area contributed by atoms with Crippen LogP contribution in [0.1, 0.15) is 85.5 Å². The van der Waals surface area contributed by atoms with E-state index in [4.69, 9.17) is 5.21 Å². The van der Waals surface area contributed by atoms with Crippen LogP contribution in [0.15, 0.2) is 0 Å². The summed E-state index contributed by atoms with van der Waals surface area (Å²) in [6, 6.07) is -2.72. The Balaban J connectivity index is 2.92. The second-order valence-corrected chi connectivity index (χ2v) is 11.6. The van der Waals surface area contributed by atoms with Gasteiger partial charge < -0.3 is 15.7 Å². The van der Waals surface area contributed by atoms with E-state index in [0.717, 1.165) is 19.3 Å². The van der Waals surface area contributed by atoms with Gasteiger partial charge in [-0.25, -0.2) is 15.7 Å². The summed E-state index contributed by atoms with van der Waals surface area (Å²) in [5.74, 6) is -3.85. The lowest BCUT2D eigenvalue weighted by atomic mass is 9.92. The van der Waals surface area contributed by atoms with Crippen LogP contribution in [0.5, 0.6) is 0 Å². The number of unbranched alkanes of at least 4 members (excludes halogenated alkanes) is 2. The van der Waals surface area contributed by atoms with Crippen LogP contribution in [-0.4, -0.2) is 86.9 Å². The van der Waals surface area contributed by atoms with Crippen molar-refractivity contribution in [3.05, 3.63) is 0 Å². The fourth-order valence-electron chi connectivity index (χ4n) is 4.61. The molecule has 1 rings (SSSR count). The molecule has 5 atom stereocenters. The maximum atomic E-state index is 13.5. The number of hydroxylamine groups is 1. The number of amides is 4. The van der Waals surface area contributed by atoms with Crippen LogP contribution in [0.4, 0.5) is 0 Å². The highest BCUT2D eigenvalue weighted by Gasteiger charge is 2.38. The molecule has 0 aliphatic carbocycles. The molecule has 0 aromatic heterocycles. The lowest BCUT2D eigenvalue weighted by Crippen LogP contribution is -2.62. The Morgan fingerprint density at radius 3 is 2.39 bits per heavy atom. The van der Waals surface area contributed by atoms with Crippen LogP contribution in [-0.2, 0) is 28.8 Å². The Labute approximate surface area is 246 Å². The zero-order valence-corrected chi connectivity index (χ0v) is 25.4. The SMILES string of the molecule is CCCCC[C@H](CC(=O)NO)C(=O)N1NCCC[C@H]1C(=O)N[C@H](C(=O)CCSC[C@H](NC(C)=O)C(=O)O)[C@@H](C)CC. The predicted octanol–water partition coefficient (Wildman–Crippen LogP) is 1.39. The van der Waals surface area contributed by atoms with Gasteiger partial charge in [-0.15, -0.1) is 0 Å². The van der Waals surface area contributed by atoms with Crippen LogP contribution in [0.3, 0.4) is 0 Å². The lowest BCUT2D eigenvalue weighted by Gasteiger charge is -2.38. The van der Waals surface area contributed by atoms with Crippen molar-refractivity contribution in [2.24, 2.45) is 11.8 Å². The summed E-state index contributed by atoms with van der Waals surface area (Å²) in [4.78, 5) is 74.6. The maximum absolute atomic E-state index is 13.5. The van der Waals surface area contributed by atoms with E-state index in [2.05, 4.69) is 16.1 Å². The second-order valence-electron chi connectivity index (χ2n) is 10.5. The van der Waals surface area contributed by atoms with Crippen molar-refractivity contribution >= 4 is 47.1 Å². The van der Waals surface area contributed by atoms with E-state index in [1.54, 1.807) is 5.48 Å². The van der Waals surface area contributed by atoms with Crippen molar-refractivity contribution in [1.82, 2.24) is 26.5 Å². The number of hydrogen-bond donors (Lipinski definition) is 6. The first-order valence-corrected chi connectivity index (χ1v) is 15.5. The van der Waals surface area contributed by atoms with E-state index < -0.39 is 53.6 Å². The van der Waals surface area contributed by atoms with Crippen LogP contribution >= 0.6 is 11.8 Å². The molecule has 1 fully saturated rings. The van der Waals surface area contributed by atoms with Gasteiger partial charge in [-0.3, -0.25) is 34.2 Å². The minimum absolute atomic E-state index is 0.0910. The molecule has 0 radical (unpaired) electrons. The molecule has 14 heteroatoms. The highest BCUT2D eigenvalue weighted by atomic mass is 32.2. The largest absolute Gasteiger partial charge is 0.480 e. The van der Waals surface area contributed by atoms with E-state index in [9.17, 15) is 33.9 Å². The molecule has 13 nitrogen and oxygen atoms in total. The van der Waals surface area contributed by atoms with Crippen LogP contribution < -0.4 is 21.5 Å². The Hall–Kier alpha value is -2.71. The van der Waals surface area contributed by atoms with E-state index >= 15 is 0 Å². The summed E-state index contributed by atoms with van der Waals surface area (Å²) < 4.78 is 0. The van der Waals surface area contributed by atoms with E-state index in [1.165, 1.54) is 23.7 Å². The number of carbonyl (C=O) groups excluding carboxylic acids is 5. The number of nitrogens with one attached hydrogen (secondary N) is 4. The predicted molar refractivity (Wildman–Crippen MR) is 154 cm³/mol. The van der Waals surface area contributed by atoms with Gasteiger partial charge in [0.05, 0.1) is 6.04 Å². The average Bonchev–Trinajstić information content (AvgIpc) is 2.95. The molecular weight excluding hydrogens is 554 g/mol. The fourth-order valence-corrected chi connectivity index (χ4v) is 5.58. The Morgan fingerprint density at radius 1 is 1.10 bits per heavy atom. The Bertz CT molecular complexity index is 905. The molecule has 1 saturated heterocycles. The van der Waals surface area contributed by atoms with Crippen molar-refractivity contribution in [2.45, 2.75) is 104 Å². The van der Waals surface area contributed by atoms with Crippen molar-refractivity contribution in [3.8, 4) is 0 Å². The fraction of sp³-hybridized carbons (Fsp3) is 0.778. The van der Waals surface area contributed by atoms with E-state index in [0.29, 0.717) is 38.0 Å². The first-order valence-electron chi connectivity index (χ1n) is 14.4. The summed E-state index contributed by atoms with van der Waals surface area (Å²) in [5, 5.41) is 24.7. The summed E-state index contributed by atoms with van der Waals surface area (Å²) in [7, 11) is 0. The summed E-state index contributed by atoms with van der Waals surface area (Å²) in [5.41, 5.74) is 4.58. The molecule has 0 unspecified atom stereocenters. The van der Waals surface area contributed by atoms with Gasteiger partial charge in [0.2, 0.25) is 23.6 Å². The second kappa shape index (κ2) is 19.4. The van der Waals surface area contributed by atoms with Crippen LogP contribution in [0, 0.1) is 11.8 Å². The van der Waals surface area contributed by atoms with E-state index in [-0.39, 0.29) is 30.3 Å². The number of ketones is 1.